The van der Waals surface area contributed by atoms with Gasteiger partial charge in [0.2, 0.25) is 0 Å². The SMILES string of the molecule is CC(C)(C)NCc1cnnn1-c1cc(F)ccc1Br. The summed E-state index contributed by atoms with van der Waals surface area (Å²) in [6.45, 7) is 6.86. The van der Waals surface area contributed by atoms with Gasteiger partial charge in [-0.2, -0.15) is 0 Å². The fourth-order valence-electron chi connectivity index (χ4n) is 1.58. The van der Waals surface area contributed by atoms with Crippen molar-refractivity contribution < 1.29 is 4.39 Å². The molecule has 1 aromatic carbocycles. The number of hydrogen-bond acceptors (Lipinski definition) is 3. The molecule has 0 aliphatic heterocycles. The molecular formula is C13H16BrFN4. The Morgan fingerprint density at radius 3 is 2.79 bits per heavy atom. The molecule has 0 spiro atoms. The first-order valence-electron chi connectivity index (χ1n) is 5.97. The van der Waals surface area contributed by atoms with Crippen molar-refractivity contribution in [3.63, 3.8) is 0 Å². The summed E-state index contributed by atoms with van der Waals surface area (Å²) >= 11 is 3.40. The fraction of sp³-hybridized carbons (Fsp3) is 0.385. The first kappa shape index (κ1) is 14.1. The molecule has 0 atom stereocenters. The zero-order chi connectivity index (χ0) is 14.0. The minimum absolute atomic E-state index is 0.00568. The predicted octanol–water partition coefficient (Wildman–Crippen LogP) is 3.06. The molecule has 0 aliphatic carbocycles. The lowest BCUT2D eigenvalue weighted by Crippen LogP contribution is -2.35. The van der Waals surface area contributed by atoms with Crippen LogP contribution in [-0.2, 0) is 6.54 Å². The molecule has 0 amide bonds. The van der Waals surface area contributed by atoms with E-state index in [4.69, 9.17) is 0 Å². The van der Waals surface area contributed by atoms with Crippen LogP contribution in [0.25, 0.3) is 5.69 Å². The van der Waals surface area contributed by atoms with Gasteiger partial charge in [0, 0.05) is 22.6 Å². The normalized spacial score (nSPS) is 11.8. The monoisotopic (exact) mass is 326 g/mol. The molecule has 2 rings (SSSR count). The van der Waals surface area contributed by atoms with Crippen LogP contribution in [0.4, 0.5) is 4.39 Å². The summed E-state index contributed by atoms with van der Waals surface area (Å²) in [6.07, 6.45) is 1.68. The van der Waals surface area contributed by atoms with E-state index in [-0.39, 0.29) is 11.4 Å². The van der Waals surface area contributed by atoms with Crippen LogP contribution in [0.1, 0.15) is 26.5 Å². The van der Waals surface area contributed by atoms with E-state index in [1.807, 2.05) is 0 Å². The lowest BCUT2D eigenvalue weighted by atomic mass is 10.1. The molecule has 102 valence electrons. The molecule has 0 fully saturated rings. The van der Waals surface area contributed by atoms with Crippen molar-refractivity contribution in [2.45, 2.75) is 32.9 Å². The second kappa shape index (κ2) is 5.38. The standard InChI is InChI=1S/C13H16BrFN4/c1-13(2,3)16-7-10-8-17-18-19(10)12-6-9(15)4-5-11(12)14/h4-6,8,16H,7H2,1-3H3. The lowest BCUT2D eigenvalue weighted by molar-refractivity contribution is 0.418. The second-order valence-electron chi connectivity index (χ2n) is 5.34. The smallest absolute Gasteiger partial charge is 0.125 e. The van der Waals surface area contributed by atoms with Gasteiger partial charge in [-0.15, -0.1) is 5.10 Å². The van der Waals surface area contributed by atoms with Crippen LogP contribution in [-0.4, -0.2) is 20.5 Å². The van der Waals surface area contributed by atoms with Crippen LogP contribution in [0, 0.1) is 5.82 Å². The average molecular weight is 327 g/mol. The zero-order valence-electron chi connectivity index (χ0n) is 11.1. The van der Waals surface area contributed by atoms with E-state index in [1.54, 1.807) is 16.9 Å². The Kier molecular flexibility index (Phi) is 4.01. The fourth-order valence-corrected chi connectivity index (χ4v) is 2.00. The molecule has 19 heavy (non-hydrogen) atoms. The van der Waals surface area contributed by atoms with Crippen molar-refractivity contribution in [3.8, 4) is 5.69 Å². The highest BCUT2D eigenvalue weighted by Gasteiger charge is 2.14. The molecule has 0 radical (unpaired) electrons. The largest absolute Gasteiger partial charge is 0.306 e. The van der Waals surface area contributed by atoms with Crippen LogP contribution in [0.2, 0.25) is 0 Å². The van der Waals surface area contributed by atoms with Crippen LogP contribution < -0.4 is 5.32 Å². The zero-order valence-corrected chi connectivity index (χ0v) is 12.7. The third-order valence-corrected chi connectivity index (χ3v) is 3.23. The van der Waals surface area contributed by atoms with E-state index in [1.165, 1.54) is 12.1 Å². The minimum Gasteiger partial charge on any atom is -0.306 e. The highest BCUT2D eigenvalue weighted by molar-refractivity contribution is 9.10. The number of hydrogen-bond donors (Lipinski definition) is 1. The second-order valence-corrected chi connectivity index (χ2v) is 6.19. The summed E-state index contributed by atoms with van der Waals surface area (Å²) in [4.78, 5) is 0. The number of rotatable bonds is 3. The van der Waals surface area contributed by atoms with Crippen LogP contribution in [0.15, 0.2) is 28.9 Å². The summed E-state index contributed by atoms with van der Waals surface area (Å²) in [7, 11) is 0. The maximum absolute atomic E-state index is 13.3. The van der Waals surface area contributed by atoms with E-state index < -0.39 is 0 Å². The minimum atomic E-state index is -0.302. The first-order chi connectivity index (χ1) is 8.87. The Morgan fingerprint density at radius 1 is 1.37 bits per heavy atom. The van der Waals surface area contributed by atoms with Crippen molar-refractivity contribution in [2.24, 2.45) is 0 Å². The van der Waals surface area contributed by atoms with Crippen molar-refractivity contribution in [2.75, 3.05) is 0 Å². The van der Waals surface area contributed by atoms with Gasteiger partial charge in [0.25, 0.3) is 0 Å². The third-order valence-electron chi connectivity index (χ3n) is 2.56. The molecule has 6 heteroatoms. The topological polar surface area (TPSA) is 42.7 Å². The molecule has 0 unspecified atom stereocenters. The van der Waals surface area contributed by atoms with Crippen LogP contribution >= 0.6 is 15.9 Å². The van der Waals surface area contributed by atoms with Gasteiger partial charge in [0.05, 0.1) is 17.6 Å². The van der Waals surface area contributed by atoms with Gasteiger partial charge in [-0.3, -0.25) is 0 Å². The Labute approximate surface area is 120 Å². The maximum atomic E-state index is 13.3. The predicted molar refractivity (Wildman–Crippen MR) is 75.6 cm³/mol. The number of nitrogens with zero attached hydrogens (tertiary/aromatic N) is 3. The molecule has 0 aliphatic rings. The number of halogens is 2. The summed E-state index contributed by atoms with van der Waals surface area (Å²) in [5.74, 6) is -0.302. The van der Waals surface area contributed by atoms with Crippen molar-refractivity contribution >= 4 is 15.9 Å². The number of benzene rings is 1. The Hall–Kier alpha value is -1.27. The van der Waals surface area contributed by atoms with Gasteiger partial charge in [-0.25, -0.2) is 9.07 Å². The van der Waals surface area contributed by atoms with Crippen molar-refractivity contribution in [1.29, 1.82) is 0 Å². The summed E-state index contributed by atoms with van der Waals surface area (Å²) in [5, 5.41) is 11.3. The van der Waals surface area contributed by atoms with E-state index in [9.17, 15) is 4.39 Å². The van der Waals surface area contributed by atoms with Gasteiger partial charge < -0.3 is 5.32 Å². The highest BCUT2D eigenvalue weighted by Crippen LogP contribution is 2.22. The quantitative estimate of drug-likeness (QED) is 0.942. The first-order valence-corrected chi connectivity index (χ1v) is 6.76. The van der Waals surface area contributed by atoms with E-state index >= 15 is 0 Å². The van der Waals surface area contributed by atoms with Gasteiger partial charge in [0.1, 0.15) is 5.82 Å². The maximum Gasteiger partial charge on any atom is 0.125 e. The molecule has 2 aromatic rings. The molecule has 4 nitrogen and oxygen atoms in total. The molecule has 1 N–H and O–H groups in total. The van der Waals surface area contributed by atoms with Gasteiger partial charge >= 0.3 is 0 Å². The van der Waals surface area contributed by atoms with E-state index in [2.05, 4.69) is 52.3 Å². The van der Waals surface area contributed by atoms with Crippen LogP contribution in [0.3, 0.4) is 0 Å². The summed E-state index contributed by atoms with van der Waals surface area (Å²) in [5.41, 5.74) is 1.51. The average Bonchev–Trinajstić information content (AvgIpc) is 2.77. The van der Waals surface area contributed by atoms with Gasteiger partial charge in [-0.05, 0) is 48.8 Å². The molecular weight excluding hydrogens is 311 g/mol. The van der Waals surface area contributed by atoms with Gasteiger partial charge in [-0.1, -0.05) is 5.21 Å². The Bertz CT molecular complexity index is 574. The molecule has 0 bridgehead atoms. The number of nitrogens with one attached hydrogen (secondary N) is 1. The Morgan fingerprint density at radius 2 is 2.11 bits per heavy atom. The highest BCUT2D eigenvalue weighted by atomic mass is 79.9. The summed E-state index contributed by atoms with van der Waals surface area (Å²) in [6, 6.07) is 4.49. The number of aromatic nitrogens is 3. The molecule has 1 aromatic heterocycles. The van der Waals surface area contributed by atoms with E-state index in [0.717, 1.165) is 10.2 Å². The van der Waals surface area contributed by atoms with Crippen molar-refractivity contribution in [3.05, 3.63) is 40.4 Å². The van der Waals surface area contributed by atoms with Crippen LogP contribution in [0.5, 0.6) is 0 Å². The molecule has 0 saturated carbocycles. The van der Waals surface area contributed by atoms with Crippen molar-refractivity contribution in [1.82, 2.24) is 20.3 Å². The third kappa shape index (κ3) is 3.61. The lowest BCUT2D eigenvalue weighted by Gasteiger charge is -2.20. The van der Waals surface area contributed by atoms with Gasteiger partial charge in [0.15, 0.2) is 0 Å². The Balaban J connectivity index is 2.31. The summed E-state index contributed by atoms with van der Waals surface area (Å²) < 4.78 is 15.8. The van der Waals surface area contributed by atoms with E-state index in [0.29, 0.717) is 12.2 Å². The molecule has 1 heterocycles. The molecule has 0 saturated heterocycles.